The third-order valence-electron chi connectivity index (χ3n) is 5.14. The standard InChI is InChI=1S/C21H24N4OS/c1-26-19-12-10-17(11-13-19)20-22-24(16-23-14-6-3-7-15-23)21(27)25(20)18-8-4-2-5-9-18/h2,4-5,8-13H,3,6-7,14-16H2,1H3/p+1. The maximum atomic E-state index is 5.84. The van der Waals surface area contributed by atoms with Gasteiger partial charge in [0.15, 0.2) is 12.5 Å². The van der Waals surface area contributed by atoms with Gasteiger partial charge in [0.2, 0.25) is 4.77 Å². The monoisotopic (exact) mass is 381 g/mol. The number of rotatable bonds is 5. The number of aromatic nitrogens is 3. The van der Waals surface area contributed by atoms with Crippen molar-refractivity contribution >= 4 is 12.2 Å². The molecule has 27 heavy (non-hydrogen) atoms. The second-order valence-corrected chi connectivity index (χ2v) is 7.34. The second-order valence-electron chi connectivity index (χ2n) is 6.97. The van der Waals surface area contributed by atoms with Crippen molar-refractivity contribution in [3.05, 3.63) is 59.4 Å². The molecule has 1 aromatic heterocycles. The Morgan fingerprint density at radius 3 is 2.37 bits per heavy atom. The highest BCUT2D eigenvalue weighted by Gasteiger charge is 2.19. The number of piperidine rings is 1. The normalized spacial score (nSPS) is 15.0. The molecule has 2 aromatic carbocycles. The van der Waals surface area contributed by atoms with Gasteiger partial charge in [-0.1, -0.05) is 18.2 Å². The molecule has 1 aliphatic heterocycles. The van der Waals surface area contributed by atoms with Crippen LogP contribution in [-0.2, 0) is 6.67 Å². The molecule has 1 N–H and O–H groups in total. The lowest BCUT2D eigenvalue weighted by Crippen LogP contribution is -3.12. The molecule has 1 fully saturated rings. The molecule has 4 rings (SSSR count). The molecular formula is C21H25N4OS+. The summed E-state index contributed by atoms with van der Waals surface area (Å²) < 4.78 is 10.1. The Kier molecular flexibility index (Phi) is 5.36. The van der Waals surface area contributed by atoms with Gasteiger partial charge in [-0.2, -0.15) is 4.68 Å². The molecule has 0 radical (unpaired) electrons. The summed E-state index contributed by atoms with van der Waals surface area (Å²) in [7, 11) is 1.68. The Morgan fingerprint density at radius 2 is 1.70 bits per heavy atom. The largest absolute Gasteiger partial charge is 0.497 e. The molecule has 140 valence electrons. The third kappa shape index (κ3) is 3.82. The first kappa shape index (κ1) is 17.9. The lowest BCUT2D eigenvalue weighted by Gasteiger charge is -2.22. The van der Waals surface area contributed by atoms with Crippen LogP contribution in [0.1, 0.15) is 19.3 Å². The Morgan fingerprint density at radius 1 is 1.00 bits per heavy atom. The molecule has 0 bridgehead atoms. The van der Waals surface area contributed by atoms with Gasteiger partial charge in [0.05, 0.1) is 20.2 Å². The molecule has 3 aromatic rings. The molecule has 0 unspecified atom stereocenters. The van der Waals surface area contributed by atoms with Gasteiger partial charge in [-0.3, -0.25) is 4.57 Å². The molecule has 0 amide bonds. The Balaban J connectivity index is 1.77. The van der Waals surface area contributed by atoms with Gasteiger partial charge in [0, 0.05) is 11.3 Å². The average Bonchev–Trinajstić information content (AvgIpc) is 3.05. The van der Waals surface area contributed by atoms with Gasteiger partial charge in [0.1, 0.15) is 5.75 Å². The number of likely N-dealkylation sites (tertiary alicyclic amines) is 1. The summed E-state index contributed by atoms with van der Waals surface area (Å²) >= 11 is 5.84. The van der Waals surface area contributed by atoms with Crippen LogP contribution in [0.3, 0.4) is 0 Å². The van der Waals surface area contributed by atoms with E-state index in [-0.39, 0.29) is 0 Å². The van der Waals surface area contributed by atoms with E-state index < -0.39 is 0 Å². The van der Waals surface area contributed by atoms with E-state index in [0.717, 1.165) is 34.3 Å². The lowest BCUT2D eigenvalue weighted by molar-refractivity contribution is -0.928. The Hall–Kier alpha value is -2.44. The van der Waals surface area contributed by atoms with Crippen LogP contribution in [0, 0.1) is 4.77 Å². The minimum atomic E-state index is 0.741. The summed E-state index contributed by atoms with van der Waals surface area (Å²) in [6, 6.07) is 18.2. The highest BCUT2D eigenvalue weighted by Crippen LogP contribution is 2.24. The maximum absolute atomic E-state index is 5.84. The van der Waals surface area contributed by atoms with Gasteiger partial charge in [-0.05, 0) is 67.9 Å². The first-order valence-electron chi connectivity index (χ1n) is 9.49. The topological polar surface area (TPSA) is 36.4 Å². The van der Waals surface area contributed by atoms with E-state index in [4.69, 9.17) is 22.1 Å². The number of benzene rings is 2. The summed E-state index contributed by atoms with van der Waals surface area (Å²) in [6.45, 7) is 3.21. The fourth-order valence-electron chi connectivity index (χ4n) is 3.67. The van der Waals surface area contributed by atoms with Gasteiger partial charge in [-0.15, -0.1) is 5.10 Å². The van der Waals surface area contributed by atoms with Crippen molar-refractivity contribution in [2.24, 2.45) is 0 Å². The second kappa shape index (κ2) is 8.06. The van der Waals surface area contributed by atoms with Gasteiger partial charge in [0.25, 0.3) is 0 Å². The molecule has 5 nitrogen and oxygen atoms in total. The van der Waals surface area contributed by atoms with Crippen LogP contribution in [0.2, 0.25) is 0 Å². The fourth-order valence-corrected chi connectivity index (χ4v) is 3.97. The van der Waals surface area contributed by atoms with Gasteiger partial charge in [-0.25, -0.2) is 0 Å². The molecule has 0 atom stereocenters. The summed E-state index contributed by atoms with van der Waals surface area (Å²) in [5.74, 6) is 1.70. The molecule has 6 heteroatoms. The number of methoxy groups -OCH3 is 1. The van der Waals surface area contributed by atoms with Crippen LogP contribution in [-0.4, -0.2) is 34.5 Å². The van der Waals surface area contributed by atoms with Crippen molar-refractivity contribution in [3.63, 3.8) is 0 Å². The number of hydrogen-bond donors (Lipinski definition) is 1. The quantitative estimate of drug-likeness (QED) is 0.690. The zero-order valence-electron chi connectivity index (χ0n) is 15.6. The van der Waals surface area contributed by atoms with Crippen molar-refractivity contribution in [1.29, 1.82) is 0 Å². The summed E-state index contributed by atoms with van der Waals surface area (Å²) in [5.41, 5.74) is 2.06. The predicted octanol–water partition coefficient (Wildman–Crippen LogP) is 3.11. The Labute approximate surface area is 164 Å². The van der Waals surface area contributed by atoms with Crippen molar-refractivity contribution in [2.75, 3.05) is 20.2 Å². The van der Waals surface area contributed by atoms with Gasteiger partial charge < -0.3 is 9.64 Å². The zero-order valence-corrected chi connectivity index (χ0v) is 16.4. The van der Waals surface area contributed by atoms with Gasteiger partial charge >= 0.3 is 0 Å². The summed E-state index contributed by atoms with van der Waals surface area (Å²) in [6.07, 6.45) is 3.91. The maximum Gasteiger partial charge on any atom is 0.207 e. The SMILES string of the molecule is COc1ccc(-c2nn(C[NH+]3CCCCC3)c(=S)n2-c2ccccc2)cc1. The number of hydrogen-bond acceptors (Lipinski definition) is 3. The van der Waals surface area contributed by atoms with E-state index in [1.807, 2.05) is 47.1 Å². The van der Waals surface area contributed by atoms with Crippen LogP contribution in [0.25, 0.3) is 17.1 Å². The molecule has 0 aliphatic carbocycles. The van der Waals surface area contributed by atoms with E-state index in [2.05, 4.69) is 16.7 Å². The van der Waals surface area contributed by atoms with Crippen LogP contribution >= 0.6 is 12.2 Å². The molecule has 1 saturated heterocycles. The van der Waals surface area contributed by atoms with Crippen molar-refractivity contribution in [1.82, 2.24) is 14.3 Å². The first-order chi connectivity index (χ1) is 13.3. The zero-order chi connectivity index (χ0) is 18.6. The van der Waals surface area contributed by atoms with E-state index in [1.165, 1.54) is 32.4 Å². The lowest BCUT2D eigenvalue weighted by atomic mass is 10.1. The van der Waals surface area contributed by atoms with Crippen LogP contribution in [0.4, 0.5) is 0 Å². The highest BCUT2D eigenvalue weighted by molar-refractivity contribution is 7.71. The molecular weight excluding hydrogens is 356 g/mol. The summed E-state index contributed by atoms with van der Waals surface area (Å²) in [5, 5.41) is 4.92. The first-order valence-corrected chi connectivity index (χ1v) is 9.90. The minimum absolute atomic E-state index is 0.741. The van der Waals surface area contributed by atoms with Crippen molar-refractivity contribution in [2.45, 2.75) is 25.9 Å². The minimum Gasteiger partial charge on any atom is -0.497 e. The van der Waals surface area contributed by atoms with Crippen LogP contribution in [0.15, 0.2) is 54.6 Å². The van der Waals surface area contributed by atoms with E-state index in [0.29, 0.717) is 0 Å². The third-order valence-corrected chi connectivity index (χ3v) is 5.53. The molecule has 0 saturated carbocycles. The Bertz CT molecular complexity index is 941. The van der Waals surface area contributed by atoms with Crippen molar-refractivity contribution in [3.8, 4) is 22.8 Å². The van der Waals surface area contributed by atoms with E-state index in [1.54, 1.807) is 12.0 Å². The number of quaternary nitrogens is 1. The average molecular weight is 382 g/mol. The fraction of sp³-hybridized carbons (Fsp3) is 0.333. The van der Waals surface area contributed by atoms with E-state index >= 15 is 0 Å². The molecule has 1 aliphatic rings. The van der Waals surface area contributed by atoms with Crippen molar-refractivity contribution < 1.29 is 9.64 Å². The van der Waals surface area contributed by atoms with Crippen LogP contribution < -0.4 is 9.64 Å². The molecule has 0 spiro atoms. The predicted molar refractivity (Wildman–Crippen MR) is 109 cm³/mol. The van der Waals surface area contributed by atoms with Crippen LogP contribution in [0.5, 0.6) is 5.75 Å². The number of para-hydroxylation sites is 1. The highest BCUT2D eigenvalue weighted by atomic mass is 32.1. The summed E-state index contributed by atoms with van der Waals surface area (Å²) in [4.78, 5) is 1.55. The number of ether oxygens (including phenoxy) is 1. The molecule has 2 heterocycles. The smallest absolute Gasteiger partial charge is 0.207 e. The number of nitrogens with one attached hydrogen (secondary N) is 1. The van der Waals surface area contributed by atoms with E-state index in [9.17, 15) is 0 Å². The number of nitrogens with zero attached hydrogens (tertiary/aromatic N) is 3.